The lowest BCUT2D eigenvalue weighted by Gasteiger charge is -2.06. The summed E-state index contributed by atoms with van der Waals surface area (Å²) in [5.41, 5.74) is -1.09. The van der Waals surface area contributed by atoms with E-state index in [1.54, 1.807) is 0 Å². The number of rotatable bonds is 3. The van der Waals surface area contributed by atoms with Crippen LogP contribution >= 0.6 is 15.9 Å². The summed E-state index contributed by atoms with van der Waals surface area (Å²) in [6.07, 6.45) is -1.92. The first-order valence-electron chi connectivity index (χ1n) is 3.58. The molecular weight excluding hydrogens is 263 g/mol. The third-order valence-corrected chi connectivity index (χ3v) is 2.21. The van der Waals surface area contributed by atoms with Gasteiger partial charge in [0.05, 0.1) is 5.56 Å². The van der Waals surface area contributed by atoms with Crippen molar-refractivity contribution in [3.8, 4) is 0 Å². The molecule has 0 fully saturated rings. The van der Waals surface area contributed by atoms with Gasteiger partial charge in [-0.2, -0.15) is 0 Å². The maximum absolute atomic E-state index is 13.3. The lowest BCUT2D eigenvalue weighted by atomic mass is 10.1. The summed E-state index contributed by atoms with van der Waals surface area (Å²) in [4.78, 5) is 13.8. The zero-order valence-corrected chi connectivity index (χ0v) is 8.39. The Morgan fingerprint density at radius 2 is 2.21 bits per heavy atom. The summed E-state index contributed by atoms with van der Waals surface area (Å²) in [6.45, 7) is 0. The lowest BCUT2D eigenvalue weighted by molar-refractivity contribution is 0.111. The van der Waals surface area contributed by atoms with Crippen LogP contribution in [0, 0.1) is 5.82 Å². The second-order valence-corrected chi connectivity index (χ2v) is 3.00. The number of nitrogens with zero attached hydrogens (tertiary/aromatic N) is 1. The van der Waals surface area contributed by atoms with Gasteiger partial charge >= 0.3 is 0 Å². The van der Waals surface area contributed by atoms with Crippen molar-refractivity contribution in [2.24, 2.45) is 0 Å². The van der Waals surface area contributed by atoms with E-state index in [1.165, 1.54) is 0 Å². The topological polar surface area (TPSA) is 30.0 Å². The Labute approximate surface area is 86.3 Å². The Morgan fingerprint density at radius 1 is 1.57 bits per heavy atom. The van der Waals surface area contributed by atoms with E-state index in [1.807, 2.05) is 0 Å². The van der Waals surface area contributed by atoms with E-state index in [2.05, 4.69) is 20.9 Å². The molecule has 0 atom stereocenters. The van der Waals surface area contributed by atoms with Crippen LogP contribution in [-0.2, 0) is 5.33 Å². The largest absolute Gasteiger partial charge is 0.296 e. The van der Waals surface area contributed by atoms with Crippen molar-refractivity contribution in [2.75, 3.05) is 0 Å². The molecule has 0 aliphatic rings. The number of hydrogen-bond donors (Lipinski definition) is 0. The lowest BCUT2D eigenvalue weighted by Crippen LogP contribution is -2.03. The molecule has 1 rings (SSSR count). The van der Waals surface area contributed by atoms with Gasteiger partial charge in [0.2, 0.25) is 0 Å². The fourth-order valence-corrected chi connectivity index (χ4v) is 1.47. The summed E-state index contributed by atoms with van der Waals surface area (Å²) in [6, 6.07) is 0. The third kappa shape index (κ3) is 1.95. The normalized spacial score (nSPS) is 10.6. The molecule has 0 aliphatic carbocycles. The fourth-order valence-electron chi connectivity index (χ4n) is 0.941. The van der Waals surface area contributed by atoms with Crippen molar-refractivity contribution in [1.29, 1.82) is 0 Å². The molecule has 0 N–H and O–H groups in total. The number of alkyl halides is 3. The monoisotopic (exact) mass is 267 g/mol. The Kier molecular flexibility index (Phi) is 3.62. The summed E-state index contributed by atoms with van der Waals surface area (Å²) in [5, 5.41) is -0.0273. The van der Waals surface area contributed by atoms with Gasteiger partial charge in [-0.05, 0) is 0 Å². The van der Waals surface area contributed by atoms with Crippen LogP contribution in [0.2, 0.25) is 0 Å². The standard InChI is InChI=1S/C8H5BrF3NO/c9-1-4-6(3-14)13-2-5(7(4)10)8(11)12/h2-3,8H,1H2. The van der Waals surface area contributed by atoms with Gasteiger partial charge < -0.3 is 0 Å². The first kappa shape index (κ1) is 11.2. The van der Waals surface area contributed by atoms with Crippen molar-refractivity contribution in [3.63, 3.8) is 0 Å². The van der Waals surface area contributed by atoms with Gasteiger partial charge in [0.1, 0.15) is 11.5 Å². The van der Waals surface area contributed by atoms with E-state index in [0.717, 1.165) is 0 Å². The first-order chi connectivity index (χ1) is 6.61. The zero-order chi connectivity index (χ0) is 10.7. The molecule has 0 bridgehead atoms. The second-order valence-electron chi connectivity index (χ2n) is 2.44. The third-order valence-electron chi connectivity index (χ3n) is 1.65. The predicted molar refractivity (Wildman–Crippen MR) is 47.2 cm³/mol. The van der Waals surface area contributed by atoms with Crippen molar-refractivity contribution in [2.45, 2.75) is 11.8 Å². The van der Waals surface area contributed by atoms with Crippen LogP contribution in [0.1, 0.15) is 28.0 Å². The molecule has 76 valence electrons. The van der Waals surface area contributed by atoms with Crippen LogP contribution in [-0.4, -0.2) is 11.3 Å². The number of carbonyl (C=O) groups excluding carboxylic acids is 1. The molecule has 0 saturated carbocycles. The zero-order valence-electron chi connectivity index (χ0n) is 6.81. The first-order valence-corrected chi connectivity index (χ1v) is 4.70. The van der Waals surface area contributed by atoms with E-state index in [4.69, 9.17) is 0 Å². The quantitative estimate of drug-likeness (QED) is 0.623. The van der Waals surface area contributed by atoms with E-state index in [-0.39, 0.29) is 16.6 Å². The molecule has 0 aromatic carbocycles. The highest BCUT2D eigenvalue weighted by molar-refractivity contribution is 9.08. The highest BCUT2D eigenvalue weighted by Gasteiger charge is 2.19. The summed E-state index contributed by atoms with van der Waals surface area (Å²) in [7, 11) is 0. The molecular formula is C8H5BrF3NO. The Balaban J connectivity index is 3.34. The summed E-state index contributed by atoms with van der Waals surface area (Å²) >= 11 is 2.90. The number of aromatic nitrogens is 1. The highest BCUT2D eigenvalue weighted by atomic mass is 79.9. The maximum atomic E-state index is 13.3. The van der Waals surface area contributed by atoms with Gasteiger partial charge in [0.15, 0.2) is 6.29 Å². The Morgan fingerprint density at radius 3 is 2.64 bits per heavy atom. The van der Waals surface area contributed by atoms with E-state index < -0.39 is 17.8 Å². The molecule has 14 heavy (non-hydrogen) atoms. The smallest absolute Gasteiger partial charge is 0.268 e. The van der Waals surface area contributed by atoms with Crippen molar-refractivity contribution in [3.05, 3.63) is 28.8 Å². The molecule has 0 unspecified atom stereocenters. The molecule has 0 amide bonds. The maximum Gasteiger partial charge on any atom is 0.268 e. The Bertz CT molecular complexity index is 357. The van der Waals surface area contributed by atoms with Crippen LogP contribution in [0.15, 0.2) is 6.20 Å². The molecule has 0 aliphatic heterocycles. The highest BCUT2D eigenvalue weighted by Crippen LogP contribution is 2.25. The molecule has 0 radical (unpaired) electrons. The molecule has 0 saturated heterocycles. The van der Waals surface area contributed by atoms with E-state index >= 15 is 0 Å². The van der Waals surface area contributed by atoms with Crippen LogP contribution < -0.4 is 0 Å². The van der Waals surface area contributed by atoms with Gasteiger partial charge in [-0.25, -0.2) is 13.2 Å². The van der Waals surface area contributed by atoms with Crippen LogP contribution in [0.25, 0.3) is 0 Å². The minimum Gasteiger partial charge on any atom is -0.296 e. The van der Waals surface area contributed by atoms with Crippen molar-refractivity contribution in [1.82, 2.24) is 4.98 Å². The number of halogens is 4. The van der Waals surface area contributed by atoms with Gasteiger partial charge in [-0.1, -0.05) is 15.9 Å². The molecule has 6 heteroatoms. The summed E-state index contributed by atoms with van der Waals surface area (Å²) in [5.74, 6) is -1.08. The Hall–Kier alpha value is -0.910. The predicted octanol–water partition coefficient (Wildman–Crippen LogP) is 2.87. The number of hydrogen-bond acceptors (Lipinski definition) is 2. The van der Waals surface area contributed by atoms with Crippen molar-refractivity contribution >= 4 is 22.2 Å². The van der Waals surface area contributed by atoms with Crippen LogP contribution in [0.5, 0.6) is 0 Å². The second kappa shape index (κ2) is 4.54. The SMILES string of the molecule is O=Cc1ncc(C(F)F)c(F)c1CBr. The van der Waals surface area contributed by atoms with Crippen molar-refractivity contribution < 1.29 is 18.0 Å². The average molecular weight is 268 g/mol. The minimum absolute atomic E-state index is 0.0273. The minimum atomic E-state index is -2.93. The molecule has 2 nitrogen and oxygen atoms in total. The molecule has 1 aromatic heterocycles. The van der Waals surface area contributed by atoms with Crippen LogP contribution in [0.4, 0.5) is 13.2 Å². The van der Waals surface area contributed by atoms with Gasteiger partial charge in [0, 0.05) is 17.1 Å². The van der Waals surface area contributed by atoms with E-state index in [0.29, 0.717) is 12.5 Å². The van der Waals surface area contributed by atoms with E-state index in [9.17, 15) is 18.0 Å². The molecule has 1 aromatic rings. The fraction of sp³-hybridized carbons (Fsp3) is 0.250. The van der Waals surface area contributed by atoms with Gasteiger partial charge in [-0.15, -0.1) is 0 Å². The van der Waals surface area contributed by atoms with Crippen LogP contribution in [0.3, 0.4) is 0 Å². The number of aldehydes is 1. The number of carbonyl (C=O) groups is 1. The molecule has 0 spiro atoms. The number of pyridine rings is 1. The summed E-state index contributed by atoms with van der Waals surface area (Å²) < 4.78 is 37.7. The van der Waals surface area contributed by atoms with Gasteiger partial charge in [0.25, 0.3) is 6.43 Å². The molecule has 1 heterocycles. The van der Waals surface area contributed by atoms with Gasteiger partial charge in [-0.3, -0.25) is 9.78 Å². The average Bonchev–Trinajstić information content (AvgIpc) is 2.16.